The standard InChI is InChI=1S/C15H16F3N3O4S2/c1-8-12(26-14(20-8)21-13(23)19-5-6-22)9-3-4-11(27(2,24)25)10(7-9)15(16,17)18/h3-4,7,22H,5-6H2,1-2H3,(H2,19,20,21,23). The van der Waals surface area contributed by atoms with Gasteiger partial charge in [-0.05, 0) is 24.6 Å². The Hall–Kier alpha value is -2.18. The lowest BCUT2D eigenvalue weighted by Gasteiger charge is -2.13. The number of carbonyl (C=O) groups is 1. The Morgan fingerprint density at radius 2 is 2.00 bits per heavy atom. The van der Waals surface area contributed by atoms with E-state index in [4.69, 9.17) is 5.11 Å². The minimum Gasteiger partial charge on any atom is -0.395 e. The molecule has 2 aromatic rings. The van der Waals surface area contributed by atoms with E-state index in [2.05, 4.69) is 15.6 Å². The highest BCUT2D eigenvalue weighted by atomic mass is 32.2. The Morgan fingerprint density at radius 1 is 1.33 bits per heavy atom. The Balaban J connectivity index is 2.43. The summed E-state index contributed by atoms with van der Waals surface area (Å²) in [4.78, 5) is 15.2. The summed E-state index contributed by atoms with van der Waals surface area (Å²) in [6.07, 6.45) is -4.14. The molecule has 0 aliphatic rings. The zero-order valence-electron chi connectivity index (χ0n) is 14.2. The minimum atomic E-state index is -4.85. The molecule has 148 valence electrons. The first kappa shape index (κ1) is 21.1. The maximum Gasteiger partial charge on any atom is 0.417 e. The molecule has 0 aliphatic heterocycles. The maximum atomic E-state index is 13.3. The Labute approximate surface area is 157 Å². The lowest BCUT2D eigenvalue weighted by Crippen LogP contribution is -2.30. The number of benzene rings is 1. The van der Waals surface area contributed by atoms with Gasteiger partial charge in [0.25, 0.3) is 0 Å². The fraction of sp³-hybridized carbons (Fsp3) is 0.333. The van der Waals surface area contributed by atoms with Crippen molar-refractivity contribution in [3.63, 3.8) is 0 Å². The lowest BCUT2D eigenvalue weighted by molar-refractivity contribution is -0.139. The van der Waals surface area contributed by atoms with E-state index in [0.717, 1.165) is 23.5 Å². The zero-order chi connectivity index (χ0) is 20.4. The molecular weight excluding hydrogens is 407 g/mol. The number of rotatable bonds is 5. The fourth-order valence-electron chi connectivity index (χ4n) is 2.24. The Morgan fingerprint density at radius 3 is 2.56 bits per heavy atom. The summed E-state index contributed by atoms with van der Waals surface area (Å²) < 4.78 is 63.2. The summed E-state index contributed by atoms with van der Waals surface area (Å²) in [7, 11) is -4.06. The van der Waals surface area contributed by atoms with Crippen LogP contribution in [0.3, 0.4) is 0 Å². The van der Waals surface area contributed by atoms with Gasteiger partial charge in [0.2, 0.25) is 0 Å². The number of carbonyl (C=O) groups excluding carboxylic acids is 1. The van der Waals surface area contributed by atoms with Gasteiger partial charge in [-0.1, -0.05) is 17.4 Å². The van der Waals surface area contributed by atoms with E-state index in [1.165, 1.54) is 6.07 Å². The largest absolute Gasteiger partial charge is 0.417 e. The van der Waals surface area contributed by atoms with Gasteiger partial charge < -0.3 is 10.4 Å². The van der Waals surface area contributed by atoms with Crippen LogP contribution in [-0.4, -0.2) is 43.9 Å². The number of hydrogen-bond acceptors (Lipinski definition) is 6. The van der Waals surface area contributed by atoms with Crippen LogP contribution in [0.4, 0.5) is 23.1 Å². The number of aliphatic hydroxyl groups is 1. The maximum absolute atomic E-state index is 13.3. The molecule has 1 heterocycles. The van der Waals surface area contributed by atoms with E-state index in [1.807, 2.05) is 0 Å². The number of anilines is 1. The van der Waals surface area contributed by atoms with Crippen LogP contribution in [0, 0.1) is 6.92 Å². The average Bonchev–Trinajstić information content (AvgIpc) is 2.91. The summed E-state index contributed by atoms with van der Waals surface area (Å²) in [5, 5.41) is 13.6. The van der Waals surface area contributed by atoms with E-state index in [1.54, 1.807) is 6.92 Å². The molecule has 0 aliphatic carbocycles. The van der Waals surface area contributed by atoms with E-state index < -0.39 is 32.5 Å². The highest BCUT2D eigenvalue weighted by molar-refractivity contribution is 7.90. The molecule has 12 heteroatoms. The number of aryl methyl sites for hydroxylation is 1. The smallest absolute Gasteiger partial charge is 0.395 e. The number of nitrogens with zero attached hydrogens (tertiary/aromatic N) is 1. The minimum absolute atomic E-state index is 0.0327. The fourth-order valence-corrected chi connectivity index (χ4v) is 4.09. The van der Waals surface area contributed by atoms with Crippen LogP contribution in [0.15, 0.2) is 23.1 Å². The van der Waals surface area contributed by atoms with Gasteiger partial charge in [-0.3, -0.25) is 5.32 Å². The number of hydrogen-bond donors (Lipinski definition) is 3. The van der Waals surface area contributed by atoms with Gasteiger partial charge in [-0.15, -0.1) is 0 Å². The lowest BCUT2D eigenvalue weighted by atomic mass is 10.1. The molecule has 27 heavy (non-hydrogen) atoms. The molecule has 7 nitrogen and oxygen atoms in total. The highest BCUT2D eigenvalue weighted by Gasteiger charge is 2.36. The molecule has 0 saturated heterocycles. The number of urea groups is 1. The number of alkyl halides is 3. The predicted octanol–water partition coefficient (Wildman–Crippen LogP) is 2.65. The third kappa shape index (κ3) is 5.17. The first-order chi connectivity index (χ1) is 12.4. The molecule has 0 bridgehead atoms. The van der Waals surface area contributed by atoms with Gasteiger partial charge >= 0.3 is 12.2 Å². The first-order valence-electron chi connectivity index (χ1n) is 7.48. The highest BCUT2D eigenvalue weighted by Crippen LogP contribution is 2.39. The Bertz CT molecular complexity index is 956. The second-order valence-corrected chi connectivity index (χ2v) is 8.50. The number of thiazole rings is 1. The van der Waals surface area contributed by atoms with Gasteiger partial charge in [0.15, 0.2) is 15.0 Å². The van der Waals surface area contributed by atoms with Crippen molar-refractivity contribution >= 4 is 32.3 Å². The SMILES string of the molecule is Cc1nc(NC(=O)NCCO)sc1-c1ccc(S(C)(=O)=O)c(C(F)(F)F)c1. The van der Waals surface area contributed by atoms with Crippen LogP contribution in [-0.2, 0) is 16.0 Å². The second kappa shape index (κ2) is 7.82. The zero-order valence-corrected chi connectivity index (χ0v) is 15.8. The predicted molar refractivity (Wildman–Crippen MR) is 94.5 cm³/mol. The van der Waals surface area contributed by atoms with Gasteiger partial charge in [0.1, 0.15) is 0 Å². The molecule has 2 rings (SSSR count). The molecule has 1 aromatic carbocycles. The number of amides is 2. The molecule has 3 N–H and O–H groups in total. The van der Waals surface area contributed by atoms with Crippen LogP contribution in [0.1, 0.15) is 11.3 Å². The normalized spacial score (nSPS) is 12.1. The van der Waals surface area contributed by atoms with Crippen molar-refractivity contribution in [1.29, 1.82) is 0 Å². The first-order valence-corrected chi connectivity index (χ1v) is 10.2. The third-order valence-electron chi connectivity index (χ3n) is 3.36. The second-order valence-electron chi connectivity index (χ2n) is 5.52. The topological polar surface area (TPSA) is 108 Å². The Kier molecular flexibility index (Phi) is 6.12. The molecule has 1 aromatic heterocycles. The van der Waals surface area contributed by atoms with Crippen LogP contribution >= 0.6 is 11.3 Å². The van der Waals surface area contributed by atoms with Crippen molar-refractivity contribution in [2.75, 3.05) is 24.7 Å². The third-order valence-corrected chi connectivity index (χ3v) is 5.64. The molecule has 2 amide bonds. The number of halogens is 3. The van der Waals surface area contributed by atoms with Crippen molar-refractivity contribution in [2.45, 2.75) is 18.0 Å². The van der Waals surface area contributed by atoms with Crippen LogP contribution in [0.2, 0.25) is 0 Å². The van der Waals surface area contributed by atoms with E-state index in [0.29, 0.717) is 16.8 Å². The summed E-state index contributed by atoms with van der Waals surface area (Å²) in [6, 6.07) is 2.31. The van der Waals surface area contributed by atoms with Crippen LogP contribution < -0.4 is 10.6 Å². The van der Waals surface area contributed by atoms with Crippen molar-refractivity contribution in [2.24, 2.45) is 0 Å². The number of aliphatic hydroxyl groups excluding tert-OH is 1. The molecular formula is C15H16F3N3O4S2. The van der Waals surface area contributed by atoms with Crippen molar-refractivity contribution in [3.8, 4) is 10.4 Å². The van der Waals surface area contributed by atoms with E-state index in [9.17, 15) is 26.4 Å². The molecule has 0 radical (unpaired) electrons. The van der Waals surface area contributed by atoms with Gasteiger partial charge in [-0.2, -0.15) is 13.2 Å². The van der Waals surface area contributed by atoms with Crippen LogP contribution in [0.5, 0.6) is 0 Å². The summed E-state index contributed by atoms with van der Waals surface area (Å²) in [5.74, 6) is 0. The molecule has 0 fully saturated rings. The quantitative estimate of drug-likeness (QED) is 0.685. The molecule has 0 saturated carbocycles. The van der Waals surface area contributed by atoms with Crippen LogP contribution in [0.25, 0.3) is 10.4 Å². The molecule has 0 spiro atoms. The van der Waals surface area contributed by atoms with Crippen molar-refractivity contribution in [1.82, 2.24) is 10.3 Å². The molecule has 0 atom stereocenters. The van der Waals surface area contributed by atoms with Crippen molar-refractivity contribution < 1.29 is 31.5 Å². The summed E-state index contributed by atoms with van der Waals surface area (Å²) >= 11 is 0.945. The summed E-state index contributed by atoms with van der Waals surface area (Å²) in [6.45, 7) is 1.34. The number of sulfone groups is 1. The van der Waals surface area contributed by atoms with E-state index in [-0.39, 0.29) is 23.8 Å². The monoisotopic (exact) mass is 423 g/mol. The number of aromatic nitrogens is 1. The molecule has 0 unspecified atom stereocenters. The van der Waals surface area contributed by atoms with E-state index >= 15 is 0 Å². The van der Waals surface area contributed by atoms with Gasteiger partial charge in [0, 0.05) is 12.8 Å². The summed E-state index contributed by atoms with van der Waals surface area (Å²) in [5.41, 5.74) is -0.753. The average molecular weight is 423 g/mol. The van der Waals surface area contributed by atoms with Gasteiger partial charge in [0.05, 0.1) is 27.6 Å². The number of nitrogens with one attached hydrogen (secondary N) is 2. The van der Waals surface area contributed by atoms with Gasteiger partial charge in [-0.25, -0.2) is 18.2 Å². The van der Waals surface area contributed by atoms with Crippen molar-refractivity contribution in [3.05, 3.63) is 29.5 Å².